The van der Waals surface area contributed by atoms with Crippen LogP contribution in [0.2, 0.25) is 0 Å². The summed E-state index contributed by atoms with van der Waals surface area (Å²) in [7, 11) is 0. The van der Waals surface area contributed by atoms with Crippen molar-refractivity contribution >= 4 is 51.8 Å². The van der Waals surface area contributed by atoms with Crippen LogP contribution >= 0.6 is 39.9 Å². The number of piperidine rings is 1. The number of rotatable bonds is 7. The third-order valence-electron chi connectivity index (χ3n) is 4.35. The van der Waals surface area contributed by atoms with Gasteiger partial charge >= 0.3 is 0 Å². The predicted octanol–water partition coefficient (Wildman–Crippen LogP) is 2.72. The Morgan fingerprint density at radius 3 is 2.37 bits per heavy atom. The topological polar surface area (TPSA) is 68.8 Å². The number of likely N-dealkylation sites (tertiary alicyclic amines) is 1. The Bertz CT molecular complexity index is 588. The molecule has 152 valence electrons. The highest BCUT2D eigenvalue weighted by atomic mass is 127. The van der Waals surface area contributed by atoms with Gasteiger partial charge < -0.3 is 16.0 Å². The summed E-state index contributed by atoms with van der Waals surface area (Å²) in [4.78, 5) is 18.5. The second-order valence-electron chi connectivity index (χ2n) is 6.47. The molecule has 1 aromatic rings. The molecule has 0 aromatic heterocycles. The van der Waals surface area contributed by atoms with Gasteiger partial charge in [-0.1, -0.05) is 28.1 Å². The lowest BCUT2D eigenvalue weighted by atomic mass is 10.0. The van der Waals surface area contributed by atoms with E-state index in [1.54, 1.807) is 0 Å². The highest BCUT2D eigenvalue weighted by Gasteiger charge is 2.20. The Balaban J connectivity index is 0.00000364. The van der Waals surface area contributed by atoms with Crippen molar-refractivity contribution < 1.29 is 4.79 Å². The summed E-state index contributed by atoms with van der Waals surface area (Å²) in [5, 5.41) is 9.46. The molecule has 0 spiro atoms. The van der Waals surface area contributed by atoms with Gasteiger partial charge in [-0.3, -0.25) is 9.69 Å². The molecule has 1 fully saturated rings. The highest BCUT2D eigenvalue weighted by molar-refractivity contribution is 14.0. The number of likely N-dealkylation sites (N-methyl/N-ethyl adjacent to an activating group) is 1. The first kappa shape index (κ1) is 24.2. The fourth-order valence-electron chi connectivity index (χ4n) is 3.00. The van der Waals surface area contributed by atoms with Gasteiger partial charge in [0.25, 0.3) is 0 Å². The number of nitrogens with one attached hydrogen (secondary N) is 3. The van der Waals surface area contributed by atoms with Crippen molar-refractivity contribution in [3.63, 3.8) is 0 Å². The molecule has 0 saturated carbocycles. The number of hydrogen-bond donors (Lipinski definition) is 3. The standard InChI is InChI=1S/C19H30BrN5O.HI/c1-3-21-18(26)13-23-19(22-4-2)24-17-9-11-25(12-10-17)14-15-5-7-16(20)8-6-15;/h5-8,17H,3-4,9-14H2,1-2H3,(H,21,26)(H2,22,23,24);1H. The highest BCUT2D eigenvalue weighted by Crippen LogP contribution is 2.16. The lowest BCUT2D eigenvalue weighted by Gasteiger charge is -2.33. The van der Waals surface area contributed by atoms with Gasteiger partial charge in [0.15, 0.2) is 5.96 Å². The zero-order chi connectivity index (χ0) is 18.8. The fourth-order valence-corrected chi connectivity index (χ4v) is 3.27. The summed E-state index contributed by atoms with van der Waals surface area (Å²) in [6.07, 6.45) is 2.14. The van der Waals surface area contributed by atoms with Crippen LogP contribution in [0, 0.1) is 0 Å². The molecule has 1 aromatic carbocycles. The van der Waals surface area contributed by atoms with Crippen molar-refractivity contribution in [1.29, 1.82) is 0 Å². The first-order valence-corrected chi connectivity index (χ1v) is 10.2. The average molecular weight is 552 g/mol. The van der Waals surface area contributed by atoms with Crippen molar-refractivity contribution in [2.45, 2.75) is 39.3 Å². The molecule has 2 rings (SSSR count). The molecular weight excluding hydrogens is 521 g/mol. The van der Waals surface area contributed by atoms with Gasteiger partial charge in [0, 0.05) is 43.2 Å². The minimum atomic E-state index is -0.0472. The van der Waals surface area contributed by atoms with E-state index in [1.165, 1.54) is 5.56 Å². The van der Waals surface area contributed by atoms with Crippen molar-refractivity contribution in [3.05, 3.63) is 34.3 Å². The smallest absolute Gasteiger partial charge is 0.241 e. The van der Waals surface area contributed by atoms with E-state index in [1.807, 2.05) is 13.8 Å². The van der Waals surface area contributed by atoms with Crippen LogP contribution in [0.15, 0.2) is 33.7 Å². The lowest BCUT2D eigenvalue weighted by molar-refractivity contribution is -0.119. The van der Waals surface area contributed by atoms with E-state index < -0.39 is 0 Å². The van der Waals surface area contributed by atoms with Gasteiger partial charge in [-0.25, -0.2) is 4.99 Å². The molecule has 0 bridgehead atoms. The normalized spacial score (nSPS) is 15.7. The van der Waals surface area contributed by atoms with Crippen LogP contribution in [-0.4, -0.2) is 55.5 Å². The number of hydrogen-bond acceptors (Lipinski definition) is 3. The van der Waals surface area contributed by atoms with Crippen molar-refractivity contribution in [1.82, 2.24) is 20.9 Å². The zero-order valence-electron chi connectivity index (χ0n) is 16.1. The van der Waals surface area contributed by atoms with Crippen molar-refractivity contribution in [2.75, 3.05) is 32.7 Å². The zero-order valence-corrected chi connectivity index (χ0v) is 20.0. The maximum Gasteiger partial charge on any atom is 0.241 e. The molecule has 1 amide bonds. The Labute approximate surface area is 188 Å². The van der Waals surface area contributed by atoms with E-state index in [0.29, 0.717) is 12.6 Å². The van der Waals surface area contributed by atoms with E-state index >= 15 is 0 Å². The van der Waals surface area contributed by atoms with Crippen molar-refractivity contribution in [3.8, 4) is 0 Å². The molecule has 0 unspecified atom stereocenters. The number of benzene rings is 1. The van der Waals surface area contributed by atoms with Crippen LogP contribution in [0.4, 0.5) is 0 Å². The first-order chi connectivity index (χ1) is 12.6. The van der Waals surface area contributed by atoms with Crippen LogP contribution < -0.4 is 16.0 Å². The van der Waals surface area contributed by atoms with E-state index in [2.05, 4.69) is 66.0 Å². The van der Waals surface area contributed by atoms with Gasteiger partial charge in [-0.2, -0.15) is 0 Å². The van der Waals surface area contributed by atoms with Crippen LogP contribution in [0.3, 0.4) is 0 Å². The maximum atomic E-state index is 11.6. The Morgan fingerprint density at radius 1 is 1.15 bits per heavy atom. The van der Waals surface area contributed by atoms with Gasteiger partial charge in [0.1, 0.15) is 6.54 Å². The largest absolute Gasteiger partial charge is 0.357 e. The van der Waals surface area contributed by atoms with Gasteiger partial charge in [0.05, 0.1) is 0 Å². The number of nitrogens with zero attached hydrogens (tertiary/aromatic N) is 2. The Kier molecular flexibility index (Phi) is 11.9. The number of carbonyl (C=O) groups excluding carboxylic acids is 1. The molecule has 8 heteroatoms. The second-order valence-corrected chi connectivity index (χ2v) is 7.39. The number of halogens is 2. The van der Waals surface area contributed by atoms with Crippen LogP contribution in [0.1, 0.15) is 32.3 Å². The quantitative estimate of drug-likeness (QED) is 0.277. The molecule has 0 aliphatic carbocycles. The Hall–Kier alpha value is -0.870. The summed E-state index contributed by atoms with van der Waals surface area (Å²) >= 11 is 3.48. The molecule has 1 aliphatic heterocycles. The summed E-state index contributed by atoms with van der Waals surface area (Å²) < 4.78 is 1.12. The maximum absolute atomic E-state index is 11.6. The molecule has 0 atom stereocenters. The SMILES string of the molecule is CCNC(=O)CN=C(NCC)NC1CCN(Cc2ccc(Br)cc2)CC1.I. The minimum Gasteiger partial charge on any atom is -0.357 e. The molecule has 1 aliphatic rings. The van der Waals surface area contributed by atoms with Crippen LogP contribution in [0.25, 0.3) is 0 Å². The predicted molar refractivity (Wildman–Crippen MR) is 126 cm³/mol. The molecule has 6 nitrogen and oxygen atoms in total. The molecule has 27 heavy (non-hydrogen) atoms. The minimum absolute atomic E-state index is 0. The number of aliphatic imine (C=N–C) groups is 1. The third-order valence-corrected chi connectivity index (χ3v) is 4.88. The average Bonchev–Trinajstić information content (AvgIpc) is 2.64. The molecule has 3 N–H and O–H groups in total. The van der Waals surface area contributed by atoms with E-state index in [0.717, 1.165) is 49.5 Å². The number of amides is 1. The monoisotopic (exact) mass is 551 g/mol. The second kappa shape index (κ2) is 13.3. The third kappa shape index (κ3) is 9.25. The molecule has 1 heterocycles. The fraction of sp³-hybridized carbons (Fsp3) is 0.579. The van der Waals surface area contributed by atoms with Gasteiger partial charge in [-0.15, -0.1) is 24.0 Å². The molecule has 1 saturated heterocycles. The summed E-state index contributed by atoms with van der Waals surface area (Å²) in [6.45, 7) is 8.62. The van der Waals surface area contributed by atoms with E-state index in [-0.39, 0.29) is 36.4 Å². The first-order valence-electron chi connectivity index (χ1n) is 9.39. The lowest BCUT2D eigenvalue weighted by Crippen LogP contribution is -2.48. The van der Waals surface area contributed by atoms with Crippen molar-refractivity contribution in [2.24, 2.45) is 4.99 Å². The van der Waals surface area contributed by atoms with E-state index in [4.69, 9.17) is 0 Å². The molecular formula is C19H31BrIN5O. The van der Waals surface area contributed by atoms with Crippen LogP contribution in [0.5, 0.6) is 0 Å². The summed E-state index contributed by atoms with van der Waals surface area (Å²) in [5.41, 5.74) is 1.34. The van der Waals surface area contributed by atoms with Gasteiger partial charge in [0.2, 0.25) is 5.91 Å². The van der Waals surface area contributed by atoms with Gasteiger partial charge in [-0.05, 0) is 44.4 Å². The molecule has 0 radical (unpaired) electrons. The number of carbonyl (C=O) groups is 1. The Morgan fingerprint density at radius 2 is 1.78 bits per heavy atom. The van der Waals surface area contributed by atoms with E-state index in [9.17, 15) is 4.79 Å². The summed E-state index contributed by atoms with van der Waals surface area (Å²) in [6, 6.07) is 8.93. The van der Waals surface area contributed by atoms with Crippen LogP contribution in [-0.2, 0) is 11.3 Å². The number of guanidine groups is 1. The summed E-state index contributed by atoms with van der Waals surface area (Å²) in [5.74, 6) is 0.680.